The molecule has 180 valence electrons. The zero-order valence-electron chi connectivity index (χ0n) is 18.8. The van der Waals surface area contributed by atoms with Crippen LogP contribution >= 0.6 is 0 Å². The number of aliphatic hydroxyl groups excluding tert-OH is 1. The summed E-state index contributed by atoms with van der Waals surface area (Å²) in [7, 11) is -3.58. The SMILES string of the molecule is CS(=O)(=O)Oc1ccc2c(c1)OCCN2CCCc1ccc(OC2(C(O)O)CCCC2)cc1. The molecule has 2 aromatic carbocycles. The summed E-state index contributed by atoms with van der Waals surface area (Å²) in [6.07, 6.45) is 4.52. The van der Waals surface area contributed by atoms with Crippen LogP contribution in [0.2, 0.25) is 0 Å². The van der Waals surface area contributed by atoms with Gasteiger partial charge in [-0.2, -0.15) is 8.42 Å². The molecule has 0 unspecified atom stereocenters. The van der Waals surface area contributed by atoms with Gasteiger partial charge in [-0.05, 0) is 68.4 Å². The van der Waals surface area contributed by atoms with Crippen LogP contribution in [0, 0.1) is 0 Å². The Labute approximate surface area is 194 Å². The number of benzene rings is 2. The van der Waals surface area contributed by atoms with Gasteiger partial charge in [0, 0.05) is 12.6 Å². The topological polar surface area (TPSA) is 106 Å². The van der Waals surface area contributed by atoms with E-state index in [1.807, 2.05) is 30.3 Å². The van der Waals surface area contributed by atoms with Crippen LogP contribution in [0.3, 0.4) is 0 Å². The number of fused-ring (bicyclic) bond motifs is 1. The molecule has 0 amide bonds. The van der Waals surface area contributed by atoms with Crippen molar-refractivity contribution in [3.8, 4) is 17.2 Å². The highest BCUT2D eigenvalue weighted by atomic mass is 32.2. The molecule has 0 radical (unpaired) electrons. The van der Waals surface area contributed by atoms with Crippen LogP contribution in [0.5, 0.6) is 17.2 Å². The van der Waals surface area contributed by atoms with E-state index in [4.69, 9.17) is 13.7 Å². The van der Waals surface area contributed by atoms with Crippen molar-refractivity contribution in [3.63, 3.8) is 0 Å². The molecule has 1 heterocycles. The van der Waals surface area contributed by atoms with Crippen molar-refractivity contribution in [1.29, 1.82) is 0 Å². The van der Waals surface area contributed by atoms with Gasteiger partial charge in [-0.15, -0.1) is 0 Å². The Kier molecular flexibility index (Phi) is 7.02. The Balaban J connectivity index is 1.32. The maximum atomic E-state index is 11.4. The van der Waals surface area contributed by atoms with Gasteiger partial charge in [0.05, 0.1) is 18.5 Å². The Hall–Kier alpha value is -2.49. The van der Waals surface area contributed by atoms with Crippen molar-refractivity contribution in [1.82, 2.24) is 0 Å². The lowest BCUT2D eigenvalue weighted by Gasteiger charge is -2.32. The molecule has 2 aliphatic rings. The van der Waals surface area contributed by atoms with Gasteiger partial charge in [-0.1, -0.05) is 12.1 Å². The summed E-state index contributed by atoms with van der Waals surface area (Å²) in [5.41, 5.74) is 1.21. The highest BCUT2D eigenvalue weighted by Gasteiger charge is 2.42. The lowest BCUT2D eigenvalue weighted by Crippen LogP contribution is -2.45. The zero-order chi connectivity index (χ0) is 23.5. The maximum absolute atomic E-state index is 11.4. The van der Waals surface area contributed by atoms with E-state index < -0.39 is 22.0 Å². The predicted molar refractivity (Wildman–Crippen MR) is 124 cm³/mol. The Morgan fingerprint density at radius 1 is 1.09 bits per heavy atom. The van der Waals surface area contributed by atoms with Gasteiger partial charge in [-0.25, -0.2) is 0 Å². The van der Waals surface area contributed by atoms with Crippen molar-refractivity contribution in [3.05, 3.63) is 48.0 Å². The first-order valence-electron chi connectivity index (χ1n) is 11.3. The molecule has 0 aromatic heterocycles. The molecular weight excluding hydrogens is 446 g/mol. The van der Waals surface area contributed by atoms with Crippen LogP contribution in [0.25, 0.3) is 0 Å². The van der Waals surface area contributed by atoms with Crippen LogP contribution in [0.15, 0.2) is 42.5 Å². The van der Waals surface area contributed by atoms with Crippen LogP contribution in [-0.4, -0.2) is 56.5 Å². The third-order valence-electron chi connectivity index (χ3n) is 6.20. The molecule has 9 heteroatoms. The number of hydrogen-bond acceptors (Lipinski definition) is 8. The second kappa shape index (κ2) is 9.79. The van der Waals surface area contributed by atoms with Crippen molar-refractivity contribution in [2.45, 2.75) is 50.4 Å². The second-order valence-corrected chi connectivity index (χ2v) is 10.3. The van der Waals surface area contributed by atoms with Crippen molar-refractivity contribution in [2.75, 3.05) is 30.9 Å². The van der Waals surface area contributed by atoms with Crippen LogP contribution in [-0.2, 0) is 16.5 Å². The number of hydrogen-bond donors (Lipinski definition) is 2. The first-order chi connectivity index (χ1) is 15.7. The first-order valence-corrected chi connectivity index (χ1v) is 13.1. The maximum Gasteiger partial charge on any atom is 0.306 e. The molecule has 0 spiro atoms. The molecule has 1 saturated carbocycles. The van der Waals surface area contributed by atoms with Gasteiger partial charge < -0.3 is 28.8 Å². The van der Waals surface area contributed by atoms with Gasteiger partial charge in [-0.3, -0.25) is 0 Å². The monoisotopic (exact) mass is 477 g/mol. The summed E-state index contributed by atoms with van der Waals surface area (Å²) in [6, 6.07) is 12.9. The fourth-order valence-electron chi connectivity index (χ4n) is 4.54. The molecule has 0 atom stereocenters. The fraction of sp³-hybridized carbons (Fsp3) is 0.500. The zero-order valence-corrected chi connectivity index (χ0v) is 19.6. The quantitative estimate of drug-likeness (QED) is 0.420. The molecule has 1 fully saturated rings. The van der Waals surface area contributed by atoms with Gasteiger partial charge in [0.15, 0.2) is 11.9 Å². The Morgan fingerprint density at radius 3 is 2.45 bits per heavy atom. The summed E-state index contributed by atoms with van der Waals surface area (Å²) >= 11 is 0. The molecule has 33 heavy (non-hydrogen) atoms. The van der Waals surface area contributed by atoms with E-state index in [1.54, 1.807) is 12.1 Å². The van der Waals surface area contributed by atoms with E-state index in [0.717, 1.165) is 50.7 Å². The minimum atomic E-state index is -3.58. The number of ether oxygens (including phenoxy) is 2. The third-order valence-corrected chi connectivity index (χ3v) is 6.69. The van der Waals surface area contributed by atoms with Crippen LogP contribution < -0.4 is 18.6 Å². The summed E-state index contributed by atoms with van der Waals surface area (Å²) in [5, 5.41) is 19.6. The summed E-state index contributed by atoms with van der Waals surface area (Å²) in [6.45, 7) is 2.12. The van der Waals surface area contributed by atoms with E-state index in [0.29, 0.717) is 30.9 Å². The summed E-state index contributed by atoms with van der Waals surface area (Å²) < 4.78 is 39.4. The molecule has 1 aliphatic heterocycles. The van der Waals surface area contributed by atoms with Gasteiger partial charge in [0.2, 0.25) is 0 Å². The average Bonchev–Trinajstić information content (AvgIpc) is 3.24. The molecular formula is C24H31NO7S. The van der Waals surface area contributed by atoms with Gasteiger partial charge >= 0.3 is 10.1 Å². The molecule has 2 N–H and O–H groups in total. The largest absolute Gasteiger partial charge is 0.489 e. The molecule has 8 nitrogen and oxygen atoms in total. The highest BCUT2D eigenvalue weighted by molar-refractivity contribution is 7.86. The molecule has 0 saturated heterocycles. The minimum Gasteiger partial charge on any atom is -0.489 e. The highest BCUT2D eigenvalue weighted by Crippen LogP contribution is 2.37. The smallest absolute Gasteiger partial charge is 0.306 e. The van der Waals surface area contributed by atoms with Crippen LogP contribution in [0.1, 0.15) is 37.7 Å². The first kappa shape index (κ1) is 23.7. The number of aliphatic hydroxyl groups is 2. The minimum absolute atomic E-state index is 0.244. The standard InChI is InChI=1S/C24H31NO7S/c1-33(28,29)32-20-10-11-21-22(17-20)30-16-15-25(21)14-4-5-18-6-8-19(9-7-18)31-24(23(26)27)12-2-3-13-24/h6-11,17,23,26-27H,2-5,12-16H2,1H3. The van der Waals surface area contributed by atoms with E-state index in [-0.39, 0.29) is 5.75 Å². The third kappa shape index (κ3) is 5.90. The fourth-order valence-corrected chi connectivity index (χ4v) is 4.99. The Morgan fingerprint density at radius 2 is 1.79 bits per heavy atom. The normalized spacial score (nSPS) is 17.5. The Bertz CT molecular complexity index is 1050. The van der Waals surface area contributed by atoms with Crippen LogP contribution in [0.4, 0.5) is 5.69 Å². The summed E-state index contributed by atoms with van der Waals surface area (Å²) in [5.74, 6) is 1.52. The van der Waals surface area contributed by atoms with Crippen molar-refractivity contribution < 1.29 is 32.3 Å². The van der Waals surface area contributed by atoms with Crippen molar-refractivity contribution in [2.24, 2.45) is 0 Å². The molecule has 4 rings (SSSR count). The van der Waals surface area contributed by atoms with Gasteiger partial charge in [0.25, 0.3) is 0 Å². The predicted octanol–water partition coefficient (Wildman–Crippen LogP) is 2.86. The number of anilines is 1. The molecule has 1 aliphatic carbocycles. The lowest BCUT2D eigenvalue weighted by molar-refractivity contribution is -0.167. The average molecular weight is 478 g/mol. The van der Waals surface area contributed by atoms with E-state index in [1.165, 1.54) is 5.56 Å². The molecule has 2 aromatic rings. The van der Waals surface area contributed by atoms with Gasteiger partial charge in [0.1, 0.15) is 23.9 Å². The van der Waals surface area contributed by atoms with E-state index >= 15 is 0 Å². The van der Waals surface area contributed by atoms with Crippen molar-refractivity contribution >= 4 is 15.8 Å². The summed E-state index contributed by atoms with van der Waals surface area (Å²) in [4.78, 5) is 2.23. The number of nitrogens with zero attached hydrogens (tertiary/aromatic N) is 1. The number of rotatable bonds is 9. The molecule has 0 bridgehead atoms. The van der Waals surface area contributed by atoms with E-state index in [9.17, 15) is 18.6 Å². The lowest BCUT2D eigenvalue weighted by atomic mass is 10.0. The number of aryl methyl sites for hydroxylation is 1. The second-order valence-electron chi connectivity index (χ2n) is 8.75. The van der Waals surface area contributed by atoms with E-state index in [2.05, 4.69) is 4.90 Å².